The molecule has 1 aromatic rings. The normalized spacial score (nSPS) is 35.6. The summed E-state index contributed by atoms with van der Waals surface area (Å²) in [7, 11) is 0. The van der Waals surface area contributed by atoms with Crippen LogP contribution >= 0.6 is 0 Å². The Morgan fingerprint density at radius 1 is 1.45 bits per heavy atom. The van der Waals surface area contributed by atoms with Gasteiger partial charge in [0.15, 0.2) is 0 Å². The van der Waals surface area contributed by atoms with E-state index in [1.165, 1.54) is 0 Å². The summed E-state index contributed by atoms with van der Waals surface area (Å²) in [5, 5.41) is 8.13. The van der Waals surface area contributed by atoms with Gasteiger partial charge in [0.05, 0.1) is 17.7 Å². The zero-order valence-electron chi connectivity index (χ0n) is 11.4. The van der Waals surface area contributed by atoms with Crippen LogP contribution in [0.4, 0.5) is 4.39 Å². The number of rotatable bonds is 3. The van der Waals surface area contributed by atoms with Crippen molar-refractivity contribution in [3.8, 4) is 0 Å². The van der Waals surface area contributed by atoms with E-state index in [4.69, 9.17) is 0 Å². The first kappa shape index (κ1) is 12.1. The molecule has 20 heavy (non-hydrogen) atoms. The van der Waals surface area contributed by atoms with E-state index in [-0.39, 0.29) is 17.4 Å². The number of likely N-dealkylation sites (tertiary alicyclic amines) is 1. The molecular formula is C14H17FN4O. The molecule has 0 N–H and O–H groups in total. The molecule has 2 heterocycles. The Labute approximate surface area is 116 Å². The van der Waals surface area contributed by atoms with Crippen molar-refractivity contribution in [3.05, 3.63) is 18.0 Å². The van der Waals surface area contributed by atoms with Crippen LogP contribution in [0, 0.1) is 5.41 Å². The maximum atomic E-state index is 13.5. The van der Waals surface area contributed by atoms with E-state index >= 15 is 0 Å². The molecule has 1 aliphatic heterocycles. The maximum Gasteiger partial charge on any atom is 0.229 e. The standard InChI is InChI=1S/C14H17FN4O/c1-2-3-10-4-19(17-16-10)11-5-18(6-11)12(20)13-7-14(15,8-13)9-13/h2-4,11H,5-9H2,1H3/b3-2+. The number of amides is 1. The number of nitrogens with zero attached hydrogens (tertiary/aromatic N) is 4. The Hall–Kier alpha value is -1.72. The maximum absolute atomic E-state index is 13.5. The second-order valence-electron chi connectivity index (χ2n) is 6.45. The van der Waals surface area contributed by atoms with Crippen LogP contribution in [-0.2, 0) is 4.79 Å². The van der Waals surface area contributed by atoms with Crippen molar-refractivity contribution in [1.82, 2.24) is 19.9 Å². The summed E-state index contributed by atoms with van der Waals surface area (Å²) in [5.41, 5.74) is -0.526. The molecule has 3 aliphatic carbocycles. The molecule has 2 bridgehead atoms. The van der Waals surface area contributed by atoms with Gasteiger partial charge in [0.2, 0.25) is 5.91 Å². The summed E-state index contributed by atoms with van der Waals surface area (Å²) in [6, 6.07) is 0.206. The number of carbonyl (C=O) groups excluding carboxylic acids is 1. The fourth-order valence-electron chi connectivity index (χ4n) is 3.73. The van der Waals surface area contributed by atoms with E-state index in [2.05, 4.69) is 10.3 Å². The van der Waals surface area contributed by atoms with Crippen LogP contribution in [0.5, 0.6) is 0 Å². The second kappa shape index (κ2) is 3.68. The van der Waals surface area contributed by atoms with Gasteiger partial charge in [-0.05, 0) is 32.3 Å². The lowest BCUT2D eigenvalue weighted by Crippen LogP contribution is -2.72. The predicted octanol–water partition coefficient (Wildman–Crippen LogP) is 1.59. The van der Waals surface area contributed by atoms with Crippen LogP contribution in [0.2, 0.25) is 0 Å². The van der Waals surface area contributed by atoms with Crippen molar-refractivity contribution in [3.63, 3.8) is 0 Å². The zero-order valence-corrected chi connectivity index (χ0v) is 11.4. The Kier molecular flexibility index (Phi) is 2.22. The number of halogens is 1. The van der Waals surface area contributed by atoms with E-state index in [1.54, 1.807) is 0 Å². The van der Waals surface area contributed by atoms with E-state index < -0.39 is 5.67 Å². The van der Waals surface area contributed by atoms with Crippen LogP contribution in [0.15, 0.2) is 12.3 Å². The first-order chi connectivity index (χ1) is 9.54. The fourth-order valence-corrected chi connectivity index (χ4v) is 3.73. The minimum atomic E-state index is -1.01. The average Bonchev–Trinajstić information content (AvgIpc) is 2.70. The molecule has 4 aliphatic rings. The lowest BCUT2D eigenvalue weighted by atomic mass is 9.41. The summed E-state index contributed by atoms with van der Waals surface area (Å²) >= 11 is 0. The molecule has 1 saturated heterocycles. The quantitative estimate of drug-likeness (QED) is 0.842. The van der Waals surface area contributed by atoms with E-state index in [0.717, 1.165) is 5.69 Å². The Morgan fingerprint density at radius 2 is 2.15 bits per heavy atom. The Bertz CT molecular complexity index is 582. The number of aromatic nitrogens is 3. The Morgan fingerprint density at radius 3 is 2.75 bits per heavy atom. The third-order valence-corrected chi connectivity index (χ3v) is 4.81. The number of hydrogen-bond donors (Lipinski definition) is 0. The minimum Gasteiger partial charge on any atom is -0.338 e. The molecule has 0 radical (unpaired) electrons. The van der Waals surface area contributed by atoms with Crippen molar-refractivity contribution < 1.29 is 9.18 Å². The van der Waals surface area contributed by atoms with Gasteiger partial charge in [-0.25, -0.2) is 9.07 Å². The molecule has 6 heteroatoms. The van der Waals surface area contributed by atoms with Crippen molar-refractivity contribution in [1.29, 1.82) is 0 Å². The molecule has 5 rings (SSSR count). The highest BCUT2D eigenvalue weighted by molar-refractivity contribution is 5.87. The van der Waals surface area contributed by atoms with Gasteiger partial charge in [-0.15, -0.1) is 5.10 Å². The molecular weight excluding hydrogens is 259 g/mol. The van der Waals surface area contributed by atoms with E-state index in [0.29, 0.717) is 32.4 Å². The van der Waals surface area contributed by atoms with Crippen LogP contribution in [0.3, 0.4) is 0 Å². The molecule has 106 valence electrons. The minimum absolute atomic E-state index is 0.141. The predicted molar refractivity (Wildman–Crippen MR) is 70.5 cm³/mol. The highest BCUT2D eigenvalue weighted by Crippen LogP contribution is 2.70. The van der Waals surface area contributed by atoms with Gasteiger partial charge in [-0.1, -0.05) is 11.3 Å². The zero-order chi connectivity index (χ0) is 14.0. The van der Waals surface area contributed by atoms with Crippen LogP contribution in [0.25, 0.3) is 6.08 Å². The average molecular weight is 276 g/mol. The third-order valence-electron chi connectivity index (χ3n) is 4.81. The van der Waals surface area contributed by atoms with Gasteiger partial charge in [0, 0.05) is 13.1 Å². The summed E-state index contributed by atoms with van der Waals surface area (Å²) in [4.78, 5) is 14.1. The van der Waals surface area contributed by atoms with Gasteiger partial charge in [-0.3, -0.25) is 4.79 Å². The lowest BCUT2D eigenvalue weighted by Gasteiger charge is -2.66. The van der Waals surface area contributed by atoms with E-state index in [9.17, 15) is 9.18 Å². The molecule has 1 amide bonds. The number of hydrogen-bond acceptors (Lipinski definition) is 3. The van der Waals surface area contributed by atoms with E-state index in [1.807, 2.05) is 34.9 Å². The molecule has 0 atom stereocenters. The van der Waals surface area contributed by atoms with Crippen molar-refractivity contribution in [2.45, 2.75) is 37.9 Å². The smallest absolute Gasteiger partial charge is 0.229 e. The first-order valence-corrected chi connectivity index (χ1v) is 7.07. The van der Waals surface area contributed by atoms with Crippen molar-refractivity contribution >= 4 is 12.0 Å². The molecule has 5 nitrogen and oxygen atoms in total. The number of allylic oxidation sites excluding steroid dienone is 1. The topological polar surface area (TPSA) is 51.0 Å². The van der Waals surface area contributed by atoms with Gasteiger partial charge < -0.3 is 4.90 Å². The largest absolute Gasteiger partial charge is 0.338 e. The monoisotopic (exact) mass is 276 g/mol. The first-order valence-electron chi connectivity index (χ1n) is 7.07. The molecule has 0 unspecified atom stereocenters. The van der Waals surface area contributed by atoms with Crippen LogP contribution < -0.4 is 0 Å². The third kappa shape index (κ3) is 1.50. The summed E-state index contributed by atoms with van der Waals surface area (Å²) in [6.07, 6.45) is 7.02. The number of carbonyl (C=O) groups is 1. The SMILES string of the molecule is C/C=C/c1cn(C2CN(C(=O)C34CC(F)(C3)C4)C2)nn1. The fraction of sp³-hybridized carbons (Fsp3) is 0.643. The lowest BCUT2D eigenvalue weighted by molar-refractivity contribution is -0.225. The van der Waals surface area contributed by atoms with Crippen LogP contribution in [-0.4, -0.2) is 44.6 Å². The molecule has 0 spiro atoms. The second-order valence-corrected chi connectivity index (χ2v) is 6.45. The van der Waals surface area contributed by atoms with Gasteiger partial charge in [0.1, 0.15) is 11.4 Å². The van der Waals surface area contributed by atoms with Gasteiger partial charge in [0.25, 0.3) is 0 Å². The summed E-state index contributed by atoms with van der Waals surface area (Å²) in [5.74, 6) is 0.141. The summed E-state index contributed by atoms with van der Waals surface area (Å²) < 4.78 is 15.3. The molecule has 3 saturated carbocycles. The van der Waals surface area contributed by atoms with Gasteiger partial charge in [-0.2, -0.15) is 0 Å². The molecule has 4 fully saturated rings. The molecule has 0 aromatic carbocycles. The Balaban J connectivity index is 1.36. The molecule has 1 aromatic heterocycles. The highest BCUT2D eigenvalue weighted by atomic mass is 19.1. The highest BCUT2D eigenvalue weighted by Gasteiger charge is 2.73. The van der Waals surface area contributed by atoms with Crippen LogP contribution in [0.1, 0.15) is 37.9 Å². The number of alkyl halides is 1. The van der Waals surface area contributed by atoms with Gasteiger partial charge >= 0.3 is 0 Å². The van der Waals surface area contributed by atoms with Crippen molar-refractivity contribution in [2.24, 2.45) is 5.41 Å². The summed E-state index contributed by atoms with van der Waals surface area (Å²) in [6.45, 7) is 3.27. The van der Waals surface area contributed by atoms with Crippen molar-refractivity contribution in [2.75, 3.05) is 13.1 Å².